The Hall–Kier alpha value is -1.45. The van der Waals surface area contributed by atoms with Crippen LogP contribution in [0.4, 0.5) is 0 Å². The van der Waals surface area contributed by atoms with E-state index in [2.05, 4.69) is 4.72 Å². The Morgan fingerprint density at radius 3 is 2.54 bits per heavy atom. The Balaban J connectivity index is 1.90. The highest BCUT2D eigenvalue weighted by Gasteiger charge is 2.21. The molecule has 0 aromatic carbocycles. The Kier molecular flexibility index (Phi) is 6.36. The van der Waals surface area contributed by atoms with Crippen LogP contribution in [0.25, 0.3) is 0 Å². The molecule has 1 aromatic rings. The summed E-state index contributed by atoms with van der Waals surface area (Å²) in [6, 6.07) is 0. The molecule has 1 saturated carbocycles. The van der Waals surface area contributed by atoms with Crippen LogP contribution in [0.15, 0.2) is 20.7 Å². The molecule has 9 heteroatoms. The van der Waals surface area contributed by atoms with E-state index in [0.29, 0.717) is 13.0 Å². The standard InChI is InChI=1S/C15H25N3O5S/c1-17-11-13(14(19)18(2)15(17)20)24(21,22)16-9-6-10-23-12-7-4-3-5-8-12/h11-12,16H,3-10H2,1-2H3. The van der Waals surface area contributed by atoms with Gasteiger partial charge in [0.25, 0.3) is 5.56 Å². The van der Waals surface area contributed by atoms with E-state index in [1.807, 2.05) is 0 Å². The molecule has 0 amide bonds. The van der Waals surface area contributed by atoms with Crippen LogP contribution in [-0.4, -0.2) is 36.8 Å². The Bertz CT molecular complexity index is 775. The van der Waals surface area contributed by atoms with Gasteiger partial charge in [-0.15, -0.1) is 0 Å². The second-order valence-corrected chi connectivity index (χ2v) is 7.87. The number of nitrogens with zero attached hydrogens (tertiary/aromatic N) is 2. The van der Waals surface area contributed by atoms with Crippen LogP contribution in [0.2, 0.25) is 0 Å². The average Bonchev–Trinajstić information content (AvgIpc) is 2.56. The maximum Gasteiger partial charge on any atom is 0.330 e. The van der Waals surface area contributed by atoms with Gasteiger partial charge in [0.05, 0.1) is 6.10 Å². The normalized spacial score (nSPS) is 16.4. The van der Waals surface area contributed by atoms with Gasteiger partial charge < -0.3 is 9.30 Å². The zero-order valence-corrected chi connectivity index (χ0v) is 15.0. The molecule has 1 fully saturated rings. The third kappa shape index (κ3) is 4.55. The van der Waals surface area contributed by atoms with Gasteiger partial charge in [0.2, 0.25) is 10.0 Å². The zero-order valence-electron chi connectivity index (χ0n) is 14.2. The first-order valence-electron chi connectivity index (χ1n) is 8.21. The summed E-state index contributed by atoms with van der Waals surface area (Å²) in [6.07, 6.45) is 7.63. The summed E-state index contributed by atoms with van der Waals surface area (Å²) >= 11 is 0. The Morgan fingerprint density at radius 1 is 1.21 bits per heavy atom. The van der Waals surface area contributed by atoms with Crippen molar-refractivity contribution in [2.45, 2.75) is 49.5 Å². The Morgan fingerprint density at radius 2 is 1.88 bits per heavy atom. The van der Waals surface area contributed by atoms with Crippen LogP contribution < -0.4 is 16.0 Å². The molecule has 0 unspecified atom stereocenters. The van der Waals surface area contributed by atoms with Gasteiger partial charge in [0, 0.05) is 33.4 Å². The monoisotopic (exact) mass is 359 g/mol. The molecule has 0 aliphatic heterocycles. The van der Waals surface area contributed by atoms with E-state index >= 15 is 0 Å². The first-order valence-corrected chi connectivity index (χ1v) is 9.69. The van der Waals surface area contributed by atoms with Gasteiger partial charge in [0.1, 0.15) is 0 Å². The van der Waals surface area contributed by atoms with Gasteiger partial charge in [-0.25, -0.2) is 17.9 Å². The summed E-state index contributed by atoms with van der Waals surface area (Å²) in [5.41, 5.74) is -1.40. The number of sulfonamides is 1. The van der Waals surface area contributed by atoms with Gasteiger partial charge in [0.15, 0.2) is 4.90 Å². The lowest BCUT2D eigenvalue weighted by atomic mass is 9.98. The lowest BCUT2D eigenvalue weighted by Crippen LogP contribution is -2.41. The minimum Gasteiger partial charge on any atom is -0.378 e. The van der Waals surface area contributed by atoms with Crippen LogP contribution in [0, 0.1) is 0 Å². The zero-order chi connectivity index (χ0) is 17.7. The van der Waals surface area contributed by atoms with Gasteiger partial charge in [-0.1, -0.05) is 19.3 Å². The molecule has 0 spiro atoms. The molecule has 1 aliphatic carbocycles. The predicted octanol–water partition coefficient (Wildman–Crippen LogP) is 0.102. The maximum atomic E-state index is 12.3. The summed E-state index contributed by atoms with van der Waals surface area (Å²) in [7, 11) is -1.30. The number of ether oxygens (including phenoxy) is 1. The number of hydrogen-bond acceptors (Lipinski definition) is 5. The second-order valence-electron chi connectivity index (χ2n) is 6.13. The van der Waals surface area contributed by atoms with E-state index < -0.39 is 26.2 Å². The molecular weight excluding hydrogens is 334 g/mol. The number of nitrogens with one attached hydrogen (secondary N) is 1. The molecule has 1 aromatic heterocycles. The van der Waals surface area contributed by atoms with Crippen molar-refractivity contribution in [3.63, 3.8) is 0 Å². The number of aryl methyl sites for hydroxylation is 1. The molecular formula is C15H25N3O5S. The van der Waals surface area contributed by atoms with Gasteiger partial charge in [-0.3, -0.25) is 9.36 Å². The molecule has 0 atom stereocenters. The van der Waals surface area contributed by atoms with Gasteiger partial charge in [-0.05, 0) is 19.3 Å². The molecule has 8 nitrogen and oxygen atoms in total. The number of hydrogen-bond donors (Lipinski definition) is 1. The molecule has 1 aliphatic rings. The summed E-state index contributed by atoms with van der Waals surface area (Å²) in [6.45, 7) is 0.666. The third-order valence-electron chi connectivity index (χ3n) is 4.22. The highest BCUT2D eigenvalue weighted by atomic mass is 32.2. The summed E-state index contributed by atoms with van der Waals surface area (Å²) in [5.74, 6) is 0. The predicted molar refractivity (Wildman–Crippen MR) is 89.6 cm³/mol. The third-order valence-corrected chi connectivity index (χ3v) is 5.67. The van der Waals surface area contributed by atoms with E-state index in [1.165, 1.54) is 33.4 Å². The summed E-state index contributed by atoms with van der Waals surface area (Å²) < 4.78 is 34.5. The van der Waals surface area contributed by atoms with E-state index in [1.54, 1.807) is 0 Å². The first-order chi connectivity index (χ1) is 11.3. The summed E-state index contributed by atoms with van der Waals surface area (Å²) in [5, 5.41) is 0. The first kappa shape index (κ1) is 18.9. The Labute approximate surface area is 141 Å². The van der Waals surface area contributed by atoms with Crippen LogP contribution in [-0.2, 0) is 28.9 Å². The maximum absolute atomic E-state index is 12.3. The van der Waals surface area contributed by atoms with Crippen molar-refractivity contribution in [2.24, 2.45) is 14.1 Å². The SMILES string of the molecule is Cn1cc(S(=O)(=O)NCCCOC2CCCCC2)c(=O)n(C)c1=O. The molecule has 0 saturated heterocycles. The number of aromatic nitrogens is 2. The summed E-state index contributed by atoms with van der Waals surface area (Å²) in [4.78, 5) is 23.2. The molecule has 24 heavy (non-hydrogen) atoms. The highest BCUT2D eigenvalue weighted by Crippen LogP contribution is 2.20. The van der Waals surface area contributed by atoms with Crippen molar-refractivity contribution < 1.29 is 13.2 Å². The minimum absolute atomic E-state index is 0.182. The highest BCUT2D eigenvalue weighted by molar-refractivity contribution is 7.89. The lowest BCUT2D eigenvalue weighted by molar-refractivity contribution is 0.0278. The van der Waals surface area contributed by atoms with Crippen molar-refractivity contribution in [1.82, 2.24) is 13.9 Å². The van der Waals surface area contributed by atoms with Gasteiger partial charge in [-0.2, -0.15) is 0 Å². The molecule has 2 rings (SSSR count). The average molecular weight is 359 g/mol. The van der Waals surface area contributed by atoms with Crippen molar-refractivity contribution in [3.05, 3.63) is 27.0 Å². The van der Waals surface area contributed by atoms with Crippen LogP contribution in [0.1, 0.15) is 38.5 Å². The quantitative estimate of drug-likeness (QED) is 0.696. The van der Waals surface area contributed by atoms with E-state index in [4.69, 9.17) is 4.74 Å². The smallest absolute Gasteiger partial charge is 0.330 e. The lowest BCUT2D eigenvalue weighted by Gasteiger charge is -2.21. The van der Waals surface area contributed by atoms with E-state index in [0.717, 1.165) is 28.2 Å². The molecule has 1 N–H and O–H groups in total. The van der Waals surface area contributed by atoms with E-state index in [9.17, 15) is 18.0 Å². The van der Waals surface area contributed by atoms with Crippen LogP contribution >= 0.6 is 0 Å². The molecule has 1 heterocycles. The van der Waals surface area contributed by atoms with Crippen molar-refractivity contribution in [3.8, 4) is 0 Å². The van der Waals surface area contributed by atoms with Crippen LogP contribution in [0.3, 0.4) is 0 Å². The molecule has 0 radical (unpaired) electrons. The van der Waals surface area contributed by atoms with Gasteiger partial charge >= 0.3 is 5.69 Å². The molecule has 0 bridgehead atoms. The largest absolute Gasteiger partial charge is 0.378 e. The second kappa shape index (κ2) is 8.09. The number of rotatable bonds is 7. The fraction of sp³-hybridized carbons (Fsp3) is 0.733. The minimum atomic E-state index is -3.96. The van der Waals surface area contributed by atoms with E-state index in [-0.39, 0.29) is 12.6 Å². The fourth-order valence-electron chi connectivity index (χ4n) is 2.80. The fourth-order valence-corrected chi connectivity index (χ4v) is 4.03. The van der Waals surface area contributed by atoms with Crippen molar-refractivity contribution in [2.75, 3.05) is 13.2 Å². The van der Waals surface area contributed by atoms with Crippen LogP contribution in [0.5, 0.6) is 0 Å². The van der Waals surface area contributed by atoms with Crippen molar-refractivity contribution in [1.29, 1.82) is 0 Å². The van der Waals surface area contributed by atoms with Crippen molar-refractivity contribution >= 4 is 10.0 Å². The topological polar surface area (TPSA) is 99.4 Å². The molecule has 136 valence electrons.